The smallest absolute Gasteiger partial charge is 0.200 e. The van der Waals surface area contributed by atoms with Gasteiger partial charge in [-0.25, -0.2) is 22.0 Å². The fourth-order valence-electron chi connectivity index (χ4n) is 2.34. The number of hydrogen-bond donors (Lipinski definition) is 0. The van der Waals surface area contributed by atoms with Crippen LogP contribution in [0.15, 0.2) is 54.6 Å². The number of hydrogen-bond acceptors (Lipinski definition) is 0. The zero-order chi connectivity index (χ0) is 16.6. The Balaban J connectivity index is 2.21. The second-order valence-electron chi connectivity index (χ2n) is 4.89. The topological polar surface area (TPSA) is 0 Å². The molecule has 0 N–H and O–H groups in total. The maximum absolute atomic E-state index is 13.9. The summed E-state index contributed by atoms with van der Waals surface area (Å²) in [6.07, 6.45) is 0. The minimum atomic E-state index is -2.16. The van der Waals surface area contributed by atoms with Crippen LogP contribution in [-0.4, -0.2) is 0 Å². The molecule has 0 fully saturated rings. The molecule has 23 heavy (non-hydrogen) atoms. The molecule has 0 bridgehead atoms. The van der Waals surface area contributed by atoms with E-state index in [1.54, 1.807) is 36.4 Å². The number of halogens is 5. The van der Waals surface area contributed by atoms with E-state index >= 15 is 0 Å². The zero-order valence-electron chi connectivity index (χ0n) is 11.6. The average molecular weight is 320 g/mol. The quantitative estimate of drug-likeness (QED) is 0.322. The van der Waals surface area contributed by atoms with Crippen LogP contribution in [-0.2, 0) is 0 Å². The van der Waals surface area contributed by atoms with Crippen molar-refractivity contribution in [3.63, 3.8) is 0 Å². The largest absolute Gasteiger partial charge is 0.203 e. The van der Waals surface area contributed by atoms with Crippen molar-refractivity contribution in [2.75, 3.05) is 0 Å². The van der Waals surface area contributed by atoms with Crippen LogP contribution in [0.25, 0.3) is 22.3 Å². The first-order valence-corrected chi connectivity index (χ1v) is 6.68. The van der Waals surface area contributed by atoms with Crippen LogP contribution >= 0.6 is 0 Å². The van der Waals surface area contributed by atoms with Gasteiger partial charge in [-0.3, -0.25) is 0 Å². The van der Waals surface area contributed by atoms with E-state index in [-0.39, 0.29) is 5.56 Å². The second-order valence-corrected chi connectivity index (χ2v) is 4.89. The predicted octanol–water partition coefficient (Wildman–Crippen LogP) is 5.72. The molecule has 5 heteroatoms. The summed E-state index contributed by atoms with van der Waals surface area (Å²) in [5.74, 6) is -9.76. The third kappa shape index (κ3) is 2.59. The standard InChI is InChI=1S/C18H9F5/c19-14-13(15(20)17(22)18(23)16(14)21)12-8-4-7-11(9-12)10-5-2-1-3-6-10/h1-9H. The molecule has 0 aliphatic heterocycles. The molecule has 3 aromatic carbocycles. The first kappa shape index (κ1) is 15.2. The van der Waals surface area contributed by atoms with Gasteiger partial charge in [-0.2, -0.15) is 0 Å². The summed E-state index contributed by atoms with van der Waals surface area (Å²) in [5, 5.41) is 0. The maximum atomic E-state index is 13.9. The van der Waals surface area contributed by atoms with E-state index < -0.39 is 34.6 Å². The van der Waals surface area contributed by atoms with Gasteiger partial charge in [0, 0.05) is 0 Å². The van der Waals surface area contributed by atoms with Gasteiger partial charge in [0.2, 0.25) is 5.82 Å². The predicted molar refractivity (Wildman–Crippen MR) is 77.1 cm³/mol. The van der Waals surface area contributed by atoms with Gasteiger partial charge in [0.05, 0.1) is 5.56 Å². The van der Waals surface area contributed by atoms with Crippen molar-refractivity contribution in [3.05, 3.63) is 83.7 Å². The Morgan fingerprint density at radius 2 is 0.913 bits per heavy atom. The van der Waals surface area contributed by atoms with Crippen LogP contribution in [0.2, 0.25) is 0 Å². The Labute approximate surface area is 128 Å². The monoisotopic (exact) mass is 320 g/mol. The lowest BCUT2D eigenvalue weighted by Crippen LogP contribution is -2.04. The van der Waals surface area contributed by atoms with E-state index in [1.165, 1.54) is 18.2 Å². The van der Waals surface area contributed by atoms with Gasteiger partial charge in [0.25, 0.3) is 0 Å². The van der Waals surface area contributed by atoms with E-state index in [0.29, 0.717) is 5.56 Å². The lowest BCUT2D eigenvalue weighted by atomic mass is 9.98. The summed E-state index contributed by atoms with van der Waals surface area (Å²) in [5.41, 5.74) is 0.351. The SMILES string of the molecule is Fc1c(F)c(F)c(-c2cccc(-c3ccccc3)c2)c(F)c1F. The van der Waals surface area contributed by atoms with E-state index in [9.17, 15) is 22.0 Å². The Morgan fingerprint density at radius 3 is 1.52 bits per heavy atom. The summed E-state index contributed by atoms with van der Waals surface area (Å²) in [7, 11) is 0. The Hall–Kier alpha value is -2.69. The van der Waals surface area contributed by atoms with Crippen LogP contribution in [0.3, 0.4) is 0 Å². The van der Waals surface area contributed by atoms with Gasteiger partial charge in [-0.05, 0) is 22.8 Å². The zero-order valence-corrected chi connectivity index (χ0v) is 11.6. The summed E-state index contributed by atoms with van der Waals surface area (Å²) in [4.78, 5) is 0. The average Bonchev–Trinajstić information content (AvgIpc) is 2.59. The van der Waals surface area contributed by atoms with Gasteiger partial charge >= 0.3 is 0 Å². The highest BCUT2D eigenvalue weighted by atomic mass is 19.2. The van der Waals surface area contributed by atoms with E-state index in [1.807, 2.05) is 0 Å². The summed E-state index contributed by atoms with van der Waals surface area (Å²) < 4.78 is 67.6. The summed E-state index contributed by atoms with van der Waals surface area (Å²) >= 11 is 0. The summed E-state index contributed by atoms with van der Waals surface area (Å²) in [6, 6.07) is 14.8. The van der Waals surface area contributed by atoms with Crippen LogP contribution in [0.5, 0.6) is 0 Å². The van der Waals surface area contributed by atoms with Crippen LogP contribution in [0.4, 0.5) is 22.0 Å². The first-order chi connectivity index (χ1) is 11.0. The second kappa shape index (κ2) is 5.83. The van der Waals surface area contributed by atoms with E-state index in [2.05, 4.69) is 0 Å². The van der Waals surface area contributed by atoms with Crippen LogP contribution in [0, 0.1) is 29.1 Å². The van der Waals surface area contributed by atoms with Crippen molar-refractivity contribution in [1.82, 2.24) is 0 Å². The molecule has 116 valence electrons. The lowest BCUT2D eigenvalue weighted by Gasteiger charge is -2.10. The molecule has 0 spiro atoms. The van der Waals surface area contributed by atoms with Crippen LogP contribution in [0.1, 0.15) is 0 Å². The molecular weight excluding hydrogens is 311 g/mol. The van der Waals surface area contributed by atoms with Crippen molar-refractivity contribution < 1.29 is 22.0 Å². The van der Waals surface area contributed by atoms with E-state index in [4.69, 9.17) is 0 Å². The molecule has 0 aliphatic carbocycles. The molecule has 0 aliphatic rings. The Kier molecular flexibility index (Phi) is 3.86. The molecular formula is C18H9F5. The molecule has 0 radical (unpaired) electrons. The van der Waals surface area contributed by atoms with Crippen molar-refractivity contribution in [1.29, 1.82) is 0 Å². The number of benzene rings is 3. The minimum Gasteiger partial charge on any atom is -0.203 e. The molecule has 0 amide bonds. The molecule has 0 nitrogen and oxygen atoms in total. The molecule has 0 saturated heterocycles. The number of rotatable bonds is 2. The fourth-order valence-corrected chi connectivity index (χ4v) is 2.34. The first-order valence-electron chi connectivity index (χ1n) is 6.68. The van der Waals surface area contributed by atoms with Gasteiger partial charge in [0.15, 0.2) is 23.3 Å². The van der Waals surface area contributed by atoms with Crippen LogP contribution < -0.4 is 0 Å². The normalized spacial score (nSPS) is 10.8. The molecule has 3 aromatic rings. The van der Waals surface area contributed by atoms with Crippen molar-refractivity contribution >= 4 is 0 Å². The van der Waals surface area contributed by atoms with Gasteiger partial charge < -0.3 is 0 Å². The minimum absolute atomic E-state index is 0.0841. The highest BCUT2D eigenvalue weighted by Crippen LogP contribution is 2.33. The highest BCUT2D eigenvalue weighted by Gasteiger charge is 2.26. The molecule has 0 heterocycles. The third-order valence-electron chi connectivity index (χ3n) is 3.47. The highest BCUT2D eigenvalue weighted by molar-refractivity contribution is 5.73. The molecule has 3 rings (SSSR count). The lowest BCUT2D eigenvalue weighted by molar-refractivity contribution is 0.381. The molecule has 0 saturated carbocycles. The Morgan fingerprint density at radius 1 is 0.435 bits per heavy atom. The maximum Gasteiger partial charge on any atom is 0.200 e. The molecule has 0 unspecified atom stereocenters. The van der Waals surface area contributed by atoms with Crippen molar-refractivity contribution in [2.45, 2.75) is 0 Å². The van der Waals surface area contributed by atoms with Gasteiger partial charge in [-0.1, -0.05) is 48.5 Å². The molecule has 0 aromatic heterocycles. The van der Waals surface area contributed by atoms with Crippen molar-refractivity contribution in [2.24, 2.45) is 0 Å². The van der Waals surface area contributed by atoms with E-state index in [0.717, 1.165) is 5.56 Å². The molecule has 0 atom stereocenters. The summed E-state index contributed by atoms with van der Waals surface area (Å²) in [6.45, 7) is 0. The fraction of sp³-hybridized carbons (Fsp3) is 0. The third-order valence-corrected chi connectivity index (χ3v) is 3.47. The van der Waals surface area contributed by atoms with Gasteiger partial charge in [-0.15, -0.1) is 0 Å². The van der Waals surface area contributed by atoms with Gasteiger partial charge in [0.1, 0.15) is 0 Å². The Bertz CT molecular complexity index is 843. The van der Waals surface area contributed by atoms with Crippen molar-refractivity contribution in [3.8, 4) is 22.3 Å².